The van der Waals surface area contributed by atoms with Crippen molar-refractivity contribution in [1.29, 1.82) is 0 Å². The van der Waals surface area contributed by atoms with E-state index in [2.05, 4.69) is 41.3 Å². The third kappa shape index (κ3) is 6.09. The monoisotopic (exact) mass is 415 g/mol. The molecule has 0 radical (unpaired) electrons. The van der Waals surface area contributed by atoms with Crippen LogP contribution in [0.25, 0.3) is 0 Å². The molecule has 2 amide bonds. The molecule has 1 aliphatic heterocycles. The maximum absolute atomic E-state index is 12.3. The van der Waals surface area contributed by atoms with E-state index in [0.717, 1.165) is 43.4 Å². The van der Waals surface area contributed by atoms with Crippen LogP contribution in [0.2, 0.25) is 0 Å². The summed E-state index contributed by atoms with van der Waals surface area (Å²) in [6, 6.07) is 6.60. The number of rotatable bonds is 6. The Balaban J connectivity index is 1.42. The molecule has 8 heteroatoms. The molecule has 1 aliphatic rings. The number of hydrogen-bond donors (Lipinski definition) is 2. The predicted octanol–water partition coefficient (Wildman–Crippen LogP) is 2.30. The van der Waals surface area contributed by atoms with Gasteiger partial charge in [0.2, 0.25) is 11.8 Å². The summed E-state index contributed by atoms with van der Waals surface area (Å²) in [7, 11) is 0. The molecule has 3 rings (SSSR count). The summed E-state index contributed by atoms with van der Waals surface area (Å²) in [4.78, 5) is 32.7. The van der Waals surface area contributed by atoms with E-state index >= 15 is 0 Å². The summed E-state index contributed by atoms with van der Waals surface area (Å²) >= 11 is 1.73. The lowest BCUT2D eigenvalue weighted by Crippen LogP contribution is -2.48. The van der Waals surface area contributed by atoms with E-state index in [4.69, 9.17) is 10.7 Å². The summed E-state index contributed by atoms with van der Waals surface area (Å²) in [6.45, 7) is 11.3. The van der Waals surface area contributed by atoms with Gasteiger partial charge in [0.05, 0.1) is 18.8 Å². The highest BCUT2D eigenvalue weighted by atomic mass is 32.1. The number of amides is 2. The van der Waals surface area contributed by atoms with Crippen molar-refractivity contribution in [3.63, 3.8) is 0 Å². The molecular weight excluding hydrogens is 386 g/mol. The van der Waals surface area contributed by atoms with Crippen LogP contribution in [-0.2, 0) is 16.8 Å². The zero-order chi connectivity index (χ0) is 21.0. The van der Waals surface area contributed by atoms with Gasteiger partial charge in [-0.2, -0.15) is 0 Å². The van der Waals surface area contributed by atoms with Gasteiger partial charge in [-0.1, -0.05) is 20.8 Å². The number of carbonyl (C=O) groups excluding carboxylic acids is 2. The van der Waals surface area contributed by atoms with Crippen molar-refractivity contribution in [1.82, 2.24) is 14.8 Å². The molecule has 156 valence electrons. The second-order valence-electron chi connectivity index (χ2n) is 8.42. The largest absolute Gasteiger partial charge is 0.366 e. The first-order chi connectivity index (χ1) is 13.7. The van der Waals surface area contributed by atoms with Crippen LogP contribution in [0, 0.1) is 0 Å². The number of primary amides is 1. The summed E-state index contributed by atoms with van der Waals surface area (Å²) in [6.07, 6.45) is 0. The lowest BCUT2D eigenvalue weighted by Gasteiger charge is -2.33. The smallest absolute Gasteiger partial charge is 0.248 e. The van der Waals surface area contributed by atoms with E-state index < -0.39 is 5.91 Å². The molecule has 0 spiro atoms. The molecule has 1 saturated heterocycles. The second-order valence-corrected chi connectivity index (χ2v) is 9.36. The molecule has 1 aromatic heterocycles. The van der Waals surface area contributed by atoms with Crippen LogP contribution in [0.5, 0.6) is 0 Å². The summed E-state index contributed by atoms with van der Waals surface area (Å²) in [5.74, 6) is -0.534. The zero-order valence-electron chi connectivity index (χ0n) is 17.3. The number of carbonyl (C=O) groups is 2. The van der Waals surface area contributed by atoms with Gasteiger partial charge in [0.25, 0.3) is 0 Å². The molecule has 0 unspecified atom stereocenters. The summed E-state index contributed by atoms with van der Waals surface area (Å²) in [5.41, 5.74) is 7.55. The van der Waals surface area contributed by atoms with E-state index in [0.29, 0.717) is 17.8 Å². The molecule has 2 heterocycles. The minimum absolute atomic E-state index is 0.0555. The van der Waals surface area contributed by atoms with Crippen molar-refractivity contribution in [3.05, 3.63) is 45.9 Å². The lowest BCUT2D eigenvalue weighted by atomic mass is 9.93. The Morgan fingerprint density at radius 2 is 1.72 bits per heavy atom. The minimum Gasteiger partial charge on any atom is -0.366 e. The SMILES string of the molecule is CC(C)(C)c1csc(CN2CCN(CC(=O)Nc3ccc(C(N)=O)cc3)CC2)n1. The zero-order valence-corrected chi connectivity index (χ0v) is 18.1. The first-order valence-electron chi connectivity index (χ1n) is 9.80. The Bertz CT molecular complexity index is 849. The number of anilines is 1. The Labute approximate surface area is 175 Å². The maximum Gasteiger partial charge on any atom is 0.248 e. The number of nitrogens with one attached hydrogen (secondary N) is 1. The Morgan fingerprint density at radius 1 is 1.10 bits per heavy atom. The Hall–Kier alpha value is -2.29. The highest BCUT2D eigenvalue weighted by molar-refractivity contribution is 7.09. The molecule has 1 fully saturated rings. The van der Waals surface area contributed by atoms with Crippen molar-refractivity contribution < 1.29 is 9.59 Å². The molecule has 2 aromatic rings. The number of nitrogens with two attached hydrogens (primary N) is 1. The van der Waals surface area contributed by atoms with Gasteiger partial charge in [-0.15, -0.1) is 11.3 Å². The molecule has 0 bridgehead atoms. The summed E-state index contributed by atoms with van der Waals surface area (Å²) in [5, 5.41) is 6.18. The number of aromatic nitrogens is 1. The van der Waals surface area contributed by atoms with Crippen molar-refractivity contribution in [2.45, 2.75) is 32.7 Å². The van der Waals surface area contributed by atoms with Crippen LogP contribution in [-0.4, -0.2) is 59.3 Å². The summed E-state index contributed by atoms with van der Waals surface area (Å²) < 4.78 is 0. The van der Waals surface area contributed by atoms with Gasteiger partial charge in [0, 0.05) is 48.2 Å². The molecular formula is C21H29N5O2S. The normalized spacial score (nSPS) is 16.0. The van der Waals surface area contributed by atoms with Crippen LogP contribution < -0.4 is 11.1 Å². The number of benzene rings is 1. The van der Waals surface area contributed by atoms with Crippen molar-refractivity contribution in [2.75, 3.05) is 38.0 Å². The quantitative estimate of drug-likeness (QED) is 0.755. The number of hydrogen-bond acceptors (Lipinski definition) is 6. The van der Waals surface area contributed by atoms with Gasteiger partial charge < -0.3 is 11.1 Å². The predicted molar refractivity (Wildman–Crippen MR) is 116 cm³/mol. The van der Waals surface area contributed by atoms with Gasteiger partial charge in [-0.25, -0.2) is 4.98 Å². The van der Waals surface area contributed by atoms with Crippen LogP contribution in [0.3, 0.4) is 0 Å². The molecule has 3 N–H and O–H groups in total. The van der Waals surface area contributed by atoms with Crippen molar-refractivity contribution in [3.8, 4) is 0 Å². The number of thiazole rings is 1. The van der Waals surface area contributed by atoms with Crippen molar-refractivity contribution in [2.24, 2.45) is 5.73 Å². The molecule has 0 saturated carbocycles. The maximum atomic E-state index is 12.3. The number of piperazine rings is 1. The van der Waals surface area contributed by atoms with Crippen molar-refractivity contribution >= 4 is 28.8 Å². The highest BCUT2D eigenvalue weighted by Gasteiger charge is 2.22. The van der Waals surface area contributed by atoms with E-state index in [1.165, 1.54) is 0 Å². The average Bonchev–Trinajstić information content (AvgIpc) is 3.13. The topological polar surface area (TPSA) is 91.6 Å². The molecule has 0 atom stereocenters. The van der Waals surface area contributed by atoms with E-state index in [9.17, 15) is 9.59 Å². The molecule has 0 aliphatic carbocycles. The fraction of sp³-hybridized carbons (Fsp3) is 0.476. The van der Waals surface area contributed by atoms with E-state index in [1.807, 2.05) is 0 Å². The van der Waals surface area contributed by atoms with Crippen LogP contribution in [0.15, 0.2) is 29.6 Å². The second kappa shape index (κ2) is 9.02. The fourth-order valence-corrected chi connectivity index (χ4v) is 4.21. The third-order valence-corrected chi connectivity index (χ3v) is 5.80. The van der Waals surface area contributed by atoms with E-state index in [-0.39, 0.29) is 11.3 Å². The fourth-order valence-electron chi connectivity index (χ4n) is 3.15. The Morgan fingerprint density at radius 3 is 2.28 bits per heavy atom. The molecule has 1 aromatic carbocycles. The van der Waals surface area contributed by atoms with Gasteiger partial charge in [-0.3, -0.25) is 19.4 Å². The first kappa shape index (κ1) is 21.4. The standard InChI is InChI=1S/C21H29N5O2S/c1-21(2,3)17-14-29-19(24-17)13-26-10-8-25(9-11-26)12-18(27)23-16-6-4-15(5-7-16)20(22)28/h4-7,14H,8-13H2,1-3H3,(H2,22,28)(H,23,27). The molecule has 7 nitrogen and oxygen atoms in total. The third-order valence-electron chi connectivity index (χ3n) is 4.96. The van der Waals surface area contributed by atoms with Crippen LogP contribution in [0.1, 0.15) is 41.8 Å². The van der Waals surface area contributed by atoms with E-state index in [1.54, 1.807) is 35.6 Å². The van der Waals surface area contributed by atoms with Crippen LogP contribution >= 0.6 is 11.3 Å². The first-order valence-corrected chi connectivity index (χ1v) is 10.7. The van der Waals surface area contributed by atoms with Gasteiger partial charge in [0.15, 0.2) is 0 Å². The van der Waals surface area contributed by atoms with Gasteiger partial charge in [0.1, 0.15) is 5.01 Å². The number of nitrogens with zero attached hydrogens (tertiary/aromatic N) is 3. The van der Waals surface area contributed by atoms with Gasteiger partial charge in [-0.05, 0) is 24.3 Å². The average molecular weight is 416 g/mol. The highest BCUT2D eigenvalue weighted by Crippen LogP contribution is 2.24. The minimum atomic E-state index is -0.479. The lowest BCUT2D eigenvalue weighted by molar-refractivity contribution is -0.117. The van der Waals surface area contributed by atoms with Crippen LogP contribution in [0.4, 0.5) is 5.69 Å². The Kier molecular flexibility index (Phi) is 6.66. The molecule has 29 heavy (non-hydrogen) atoms. The van der Waals surface area contributed by atoms with Gasteiger partial charge >= 0.3 is 0 Å².